The van der Waals surface area contributed by atoms with Crippen molar-refractivity contribution in [1.82, 2.24) is 0 Å². The fourth-order valence-electron chi connectivity index (χ4n) is 1.36. The summed E-state index contributed by atoms with van der Waals surface area (Å²) in [5.74, 6) is 1.53. The fourth-order valence-corrected chi connectivity index (χ4v) is 1.80. The molecule has 2 nitrogen and oxygen atoms in total. The summed E-state index contributed by atoms with van der Waals surface area (Å²) in [6, 6.07) is 7.54. The Kier molecular flexibility index (Phi) is 5.34. The molecule has 0 saturated carbocycles. The maximum Gasteiger partial charge on any atom is 0.120 e. The van der Waals surface area contributed by atoms with Crippen LogP contribution < -0.4 is 4.74 Å². The van der Waals surface area contributed by atoms with Gasteiger partial charge in [-0.05, 0) is 52.9 Å². The van der Waals surface area contributed by atoms with Gasteiger partial charge >= 0.3 is 0 Å². The number of hydrogen-bond acceptors (Lipinski definition) is 2. The van der Waals surface area contributed by atoms with Gasteiger partial charge in [0.2, 0.25) is 0 Å². The van der Waals surface area contributed by atoms with Crippen molar-refractivity contribution in [2.45, 2.75) is 26.7 Å². The zero-order valence-electron chi connectivity index (χ0n) is 9.66. The summed E-state index contributed by atoms with van der Waals surface area (Å²) in [5.41, 5.74) is 0.634. The Hall–Kier alpha value is -1.01. The van der Waals surface area contributed by atoms with Crippen LogP contribution in [0.25, 0.3) is 0 Å². The molecule has 0 N–H and O–H groups in total. The van der Waals surface area contributed by atoms with Crippen molar-refractivity contribution in [3.8, 4) is 11.8 Å². The van der Waals surface area contributed by atoms with Gasteiger partial charge in [0.05, 0.1) is 12.2 Å². The highest BCUT2D eigenvalue weighted by molar-refractivity contribution is 9.10. The third-order valence-electron chi connectivity index (χ3n) is 2.26. The average molecular weight is 282 g/mol. The molecule has 0 aliphatic heterocycles. The molecule has 0 heterocycles. The Labute approximate surface area is 105 Å². The molecule has 1 rings (SSSR count). The number of ether oxygens (including phenoxy) is 1. The summed E-state index contributed by atoms with van der Waals surface area (Å²) in [4.78, 5) is 0. The summed E-state index contributed by atoms with van der Waals surface area (Å²) in [7, 11) is 0. The number of nitrogens with zero attached hydrogens (tertiary/aromatic N) is 1. The molecule has 0 aliphatic rings. The van der Waals surface area contributed by atoms with Crippen molar-refractivity contribution in [2.24, 2.45) is 5.92 Å². The third kappa shape index (κ3) is 4.24. The third-order valence-corrected chi connectivity index (χ3v) is 2.91. The van der Waals surface area contributed by atoms with E-state index in [1.807, 2.05) is 12.1 Å². The molecule has 1 aromatic carbocycles. The van der Waals surface area contributed by atoms with Crippen molar-refractivity contribution >= 4 is 15.9 Å². The summed E-state index contributed by atoms with van der Waals surface area (Å²) in [5, 5.41) is 8.76. The lowest BCUT2D eigenvalue weighted by Crippen LogP contribution is -1.99. The van der Waals surface area contributed by atoms with Gasteiger partial charge in [-0.25, -0.2) is 0 Å². The molecular weight excluding hydrogens is 266 g/mol. The van der Waals surface area contributed by atoms with E-state index in [4.69, 9.17) is 10.00 Å². The Morgan fingerprint density at radius 3 is 2.75 bits per heavy atom. The SMILES string of the molecule is CC(C)CCCOc1ccc(C#N)c(Br)c1. The van der Waals surface area contributed by atoms with Crippen LogP contribution >= 0.6 is 15.9 Å². The van der Waals surface area contributed by atoms with Crippen LogP contribution in [-0.4, -0.2) is 6.61 Å². The smallest absolute Gasteiger partial charge is 0.120 e. The van der Waals surface area contributed by atoms with Crippen molar-refractivity contribution in [3.63, 3.8) is 0 Å². The Morgan fingerprint density at radius 1 is 1.44 bits per heavy atom. The van der Waals surface area contributed by atoms with Crippen LogP contribution in [0.3, 0.4) is 0 Å². The van der Waals surface area contributed by atoms with Crippen LogP contribution in [0.5, 0.6) is 5.75 Å². The summed E-state index contributed by atoms with van der Waals surface area (Å²) < 4.78 is 6.39. The predicted molar refractivity (Wildman–Crippen MR) is 68.4 cm³/mol. The lowest BCUT2D eigenvalue weighted by Gasteiger charge is -2.08. The summed E-state index contributed by atoms with van der Waals surface area (Å²) in [6.07, 6.45) is 2.24. The lowest BCUT2D eigenvalue weighted by atomic mass is 10.1. The second-order valence-corrected chi connectivity index (χ2v) is 4.99. The van der Waals surface area contributed by atoms with Crippen LogP contribution in [0.15, 0.2) is 22.7 Å². The van der Waals surface area contributed by atoms with E-state index in [1.165, 1.54) is 6.42 Å². The molecule has 3 heteroatoms. The molecule has 0 atom stereocenters. The van der Waals surface area contributed by atoms with Gasteiger partial charge in [-0.3, -0.25) is 0 Å². The van der Waals surface area contributed by atoms with E-state index < -0.39 is 0 Å². The maximum atomic E-state index is 8.76. The van der Waals surface area contributed by atoms with Crippen molar-refractivity contribution in [1.29, 1.82) is 5.26 Å². The molecule has 1 aromatic rings. The van der Waals surface area contributed by atoms with E-state index in [1.54, 1.807) is 6.07 Å². The van der Waals surface area contributed by atoms with E-state index in [2.05, 4.69) is 35.8 Å². The topological polar surface area (TPSA) is 33.0 Å². The number of nitriles is 1. The van der Waals surface area contributed by atoms with Gasteiger partial charge in [-0.1, -0.05) is 13.8 Å². The Balaban J connectivity index is 2.44. The molecule has 0 fully saturated rings. The zero-order valence-corrected chi connectivity index (χ0v) is 11.3. The second kappa shape index (κ2) is 6.55. The van der Waals surface area contributed by atoms with Crippen LogP contribution in [0.4, 0.5) is 0 Å². The average Bonchev–Trinajstić information content (AvgIpc) is 2.24. The number of halogens is 1. The minimum atomic E-state index is 0.634. The number of benzene rings is 1. The highest BCUT2D eigenvalue weighted by atomic mass is 79.9. The van der Waals surface area contributed by atoms with Gasteiger partial charge < -0.3 is 4.74 Å². The second-order valence-electron chi connectivity index (χ2n) is 4.14. The molecule has 0 aliphatic carbocycles. The maximum absolute atomic E-state index is 8.76. The van der Waals surface area contributed by atoms with Crippen LogP contribution in [-0.2, 0) is 0 Å². The summed E-state index contributed by atoms with van der Waals surface area (Å²) in [6.45, 7) is 5.15. The molecular formula is C13H16BrNO. The highest BCUT2D eigenvalue weighted by Crippen LogP contribution is 2.22. The molecule has 0 amide bonds. The largest absolute Gasteiger partial charge is 0.494 e. The summed E-state index contributed by atoms with van der Waals surface area (Å²) >= 11 is 3.34. The van der Waals surface area contributed by atoms with E-state index in [0.29, 0.717) is 5.56 Å². The molecule has 0 spiro atoms. The molecule has 0 bridgehead atoms. The van der Waals surface area contributed by atoms with Crippen LogP contribution in [0, 0.1) is 17.2 Å². The fraction of sp³-hybridized carbons (Fsp3) is 0.462. The van der Waals surface area contributed by atoms with Crippen LogP contribution in [0.1, 0.15) is 32.3 Å². The first-order chi connectivity index (χ1) is 7.63. The van der Waals surface area contributed by atoms with Gasteiger partial charge in [0, 0.05) is 4.47 Å². The first-order valence-corrected chi connectivity index (χ1v) is 6.25. The van der Waals surface area contributed by atoms with Crippen molar-refractivity contribution in [2.75, 3.05) is 6.61 Å². The Bertz CT molecular complexity index is 382. The predicted octanol–water partition coefficient (Wildman–Crippen LogP) is 4.14. The van der Waals surface area contributed by atoms with E-state index in [0.717, 1.165) is 29.2 Å². The lowest BCUT2D eigenvalue weighted by molar-refractivity contribution is 0.297. The van der Waals surface area contributed by atoms with E-state index in [-0.39, 0.29) is 0 Å². The molecule has 0 aromatic heterocycles. The van der Waals surface area contributed by atoms with Gasteiger partial charge in [0.25, 0.3) is 0 Å². The number of hydrogen-bond donors (Lipinski definition) is 0. The molecule has 0 saturated heterocycles. The van der Waals surface area contributed by atoms with Crippen molar-refractivity contribution in [3.05, 3.63) is 28.2 Å². The van der Waals surface area contributed by atoms with E-state index in [9.17, 15) is 0 Å². The molecule has 16 heavy (non-hydrogen) atoms. The standard InChI is InChI=1S/C13H16BrNO/c1-10(2)4-3-7-16-12-6-5-11(9-15)13(14)8-12/h5-6,8,10H,3-4,7H2,1-2H3. The number of rotatable bonds is 5. The minimum absolute atomic E-state index is 0.634. The first-order valence-electron chi connectivity index (χ1n) is 5.46. The van der Waals surface area contributed by atoms with Gasteiger partial charge in [-0.2, -0.15) is 5.26 Å². The Morgan fingerprint density at radius 2 is 2.19 bits per heavy atom. The molecule has 86 valence electrons. The van der Waals surface area contributed by atoms with Gasteiger partial charge in [0.15, 0.2) is 0 Å². The highest BCUT2D eigenvalue weighted by Gasteiger charge is 2.01. The quantitative estimate of drug-likeness (QED) is 0.760. The first kappa shape index (κ1) is 13.1. The van der Waals surface area contributed by atoms with Gasteiger partial charge in [-0.15, -0.1) is 0 Å². The normalized spacial score (nSPS) is 10.2. The van der Waals surface area contributed by atoms with Crippen LogP contribution in [0.2, 0.25) is 0 Å². The molecule has 0 unspecified atom stereocenters. The van der Waals surface area contributed by atoms with Crippen molar-refractivity contribution < 1.29 is 4.74 Å². The molecule has 0 radical (unpaired) electrons. The monoisotopic (exact) mass is 281 g/mol. The van der Waals surface area contributed by atoms with E-state index >= 15 is 0 Å². The van der Waals surface area contributed by atoms with Gasteiger partial charge in [0.1, 0.15) is 11.8 Å². The minimum Gasteiger partial charge on any atom is -0.494 e. The zero-order chi connectivity index (χ0) is 12.0.